The Labute approximate surface area is 263 Å². The second-order valence-corrected chi connectivity index (χ2v) is 14.7. The van der Waals surface area contributed by atoms with E-state index >= 15 is 0 Å². The first-order valence-corrected chi connectivity index (χ1v) is 17.4. The fourth-order valence-corrected chi connectivity index (χ4v) is 7.35. The topological polar surface area (TPSA) is 134 Å². The Morgan fingerprint density at radius 2 is 1.59 bits per heavy atom. The highest BCUT2D eigenvalue weighted by Gasteiger charge is 2.31. The number of carbonyl (C=O) groups is 1. The molecule has 0 aliphatic rings. The summed E-state index contributed by atoms with van der Waals surface area (Å²) < 4.78 is 87.9. The van der Waals surface area contributed by atoms with Crippen LogP contribution in [0.1, 0.15) is 28.5 Å². The van der Waals surface area contributed by atoms with Crippen LogP contribution in [-0.2, 0) is 37.4 Å². The molecule has 1 N–H and O–H groups in total. The number of ether oxygens (including phenoxy) is 1. The molecule has 0 aliphatic heterocycles. The maximum Gasteiger partial charge on any atom is 0.356 e. The van der Waals surface area contributed by atoms with Gasteiger partial charge in [0.25, 0.3) is 15.6 Å². The highest BCUT2D eigenvalue weighted by Crippen LogP contribution is 2.38. The summed E-state index contributed by atoms with van der Waals surface area (Å²) in [5.41, 5.74) is 0.127. The van der Waals surface area contributed by atoms with Gasteiger partial charge in [-0.2, -0.15) is 0 Å². The van der Waals surface area contributed by atoms with E-state index in [0.717, 1.165) is 22.5 Å². The molecule has 0 aliphatic carbocycles. The molecule has 2 aromatic heterocycles. The standard InChI is InChI=1S/C32H29F2N3O7S2/c1-5-44-32(39)29-16-24-25(17-36(3)31(38)30(24)37(29)46(42,43)22-10-6-19(2)7-11-22)23-14-20(18-45(4,40)41)8-12-27(23)35-28-13-9-21(33)15-26(28)34/h6-17,35H,5,18H2,1-4H3. The maximum atomic E-state index is 14.7. The molecule has 240 valence electrons. The number of fused-ring (bicyclic) bond motifs is 1. The number of nitrogens with zero attached hydrogens (tertiary/aromatic N) is 2. The van der Waals surface area contributed by atoms with Crippen molar-refractivity contribution in [3.8, 4) is 11.1 Å². The number of benzene rings is 3. The minimum atomic E-state index is -4.55. The van der Waals surface area contributed by atoms with Gasteiger partial charge in [0.15, 0.2) is 9.84 Å². The van der Waals surface area contributed by atoms with Crippen LogP contribution >= 0.6 is 0 Å². The van der Waals surface area contributed by atoms with Gasteiger partial charge in [-0.3, -0.25) is 4.79 Å². The number of esters is 1. The number of hydrogen-bond acceptors (Lipinski definition) is 8. The van der Waals surface area contributed by atoms with E-state index in [1.54, 1.807) is 26.0 Å². The summed E-state index contributed by atoms with van der Waals surface area (Å²) in [6.45, 7) is 3.24. The Hall–Kier alpha value is -4.82. The zero-order valence-corrected chi connectivity index (χ0v) is 26.8. The number of nitrogens with one attached hydrogen (secondary N) is 1. The van der Waals surface area contributed by atoms with Crippen LogP contribution < -0.4 is 10.9 Å². The maximum absolute atomic E-state index is 14.7. The smallest absolute Gasteiger partial charge is 0.356 e. The van der Waals surface area contributed by atoms with E-state index in [-0.39, 0.29) is 50.7 Å². The molecule has 0 unspecified atom stereocenters. The van der Waals surface area contributed by atoms with E-state index in [1.807, 2.05) is 0 Å². The van der Waals surface area contributed by atoms with Crippen molar-refractivity contribution in [2.45, 2.75) is 24.5 Å². The number of rotatable bonds is 9. The van der Waals surface area contributed by atoms with Gasteiger partial charge in [-0.1, -0.05) is 23.8 Å². The number of carbonyl (C=O) groups excluding carboxylic acids is 1. The number of halogens is 2. The van der Waals surface area contributed by atoms with Crippen molar-refractivity contribution >= 4 is 48.1 Å². The molecule has 0 amide bonds. The molecule has 0 atom stereocenters. The number of pyridine rings is 1. The third-order valence-corrected chi connectivity index (χ3v) is 9.73. The van der Waals surface area contributed by atoms with Gasteiger partial charge in [0.1, 0.15) is 22.8 Å². The van der Waals surface area contributed by atoms with Crippen LogP contribution in [0.25, 0.3) is 22.0 Å². The number of aromatic nitrogens is 2. The van der Waals surface area contributed by atoms with E-state index in [2.05, 4.69) is 5.32 Å². The van der Waals surface area contributed by atoms with Gasteiger partial charge in [-0.15, -0.1) is 0 Å². The summed E-state index contributed by atoms with van der Waals surface area (Å²) >= 11 is 0. The molecule has 5 aromatic rings. The molecule has 0 spiro atoms. The Morgan fingerprint density at radius 3 is 2.22 bits per heavy atom. The molecule has 0 bridgehead atoms. The van der Waals surface area contributed by atoms with Crippen molar-refractivity contribution in [3.63, 3.8) is 0 Å². The lowest BCUT2D eigenvalue weighted by Crippen LogP contribution is -2.25. The van der Waals surface area contributed by atoms with Crippen molar-refractivity contribution in [3.05, 3.63) is 112 Å². The largest absolute Gasteiger partial charge is 0.461 e. The fraction of sp³-hybridized carbons (Fsp3) is 0.188. The lowest BCUT2D eigenvalue weighted by molar-refractivity contribution is 0.0518. The molecular formula is C32H29F2N3O7S2. The second kappa shape index (κ2) is 12.2. The van der Waals surface area contributed by atoms with Gasteiger partial charge in [-0.05, 0) is 61.9 Å². The lowest BCUT2D eigenvalue weighted by atomic mass is 9.99. The molecule has 2 heterocycles. The number of sulfone groups is 1. The van der Waals surface area contributed by atoms with Crippen LogP contribution in [0.15, 0.2) is 82.6 Å². The Bertz CT molecular complexity index is 2300. The number of hydrogen-bond donors (Lipinski definition) is 1. The lowest BCUT2D eigenvalue weighted by Gasteiger charge is -2.17. The minimum Gasteiger partial charge on any atom is -0.461 e. The first-order chi connectivity index (χ1) is 21.6. The average molecular weight is 670 g/mol. The molecular weight excluding hydrogens is 640 g/mol. The van der Waals surface area contributed by atoms with Gasteiger partial charge in [-0.25, -0.2) is 34.4 Å². The predicted molar refractivity (Wildman–Crippen MR) is 171 cm³/mol. The average Bonchev–Trinajstić information content (AvgIpc) is 3.39. The third-order valence-electron chi connectivity index (χ3n) is 7.14. The van der Waals surface area contributed by atoms with Gasteiger partial charge >= 0.3 is 5.97 Å². The van der Waals surface area contributed by atoms with E-state index in [4.69, 9.17) is 4.74 Å². The minimum absolute atomic E-state index is 0.0287. The van der Waals surface area contributed by atoms with Crippen molar-refractivity contribution in [2.75, 3.05) is 18.2 Å². The molecule has 0 fully saturated rings. The summed E-state index contributed by atoms with van der Waals surface area (Å²) in [6.07, 6.45) is 2.45. The van der Waals surface area contributed by atoms with E-state index in [0.29, 0.717) is 15.6 Å². The summed E-state index contributed by atoms with van der Waals surface area (Å²) in [4.78, 5) is 26.8. The first-order valence-electron chi connectivity index (χ1n) is 13.9. The van der Waals surface area contributed by atoms with Crippen molar-refractivity contribution in [1.29, 1.82) is 0 Å². The van der Waals surface area contributed by atoms with E-state index < -0.39 is 48.7 Å². The van der Waals surface area contributed by atoms with Gasteiger partial charge in [0, 0.05) is 47.8 Å². The summed E-state index contributed by atoms with van der Waals surface area (Å²) in [5.74, 6) is -3.07. The molecule has 14 heteroatoms. The molecule has 0 saturated carbocycles. The monoisotopic (exact) mass is 669 g/mol. The Morgan fingerprint density at radius 1 is 0.913 bits per heavy atom. The van der Waals surface area contributed by atoms with Crippen molar-refractivity contribution in [2.24, 2.45) is 7.05 Å². The number of aryl methyl sites for hydroxylation is 2. The Balaban J connectivity index is 1.87. The molecule has 10 nitrogen and oxygen atoms in total. The molecule has 5 rings (SSSR count). The van der Waals surface area contributed by atoms with E-state index in [1.165, 1.54) is 55.7 Å². The zero-order chi connectivity index (χ0) is 33.6. The van der Waals surface area contributed by atoms with Gasteiger partial charge in [0.05, 0.1) is 22.9 Å². The van der Waals surface area contributed by atoms with Crippen LogP contribution in [0, 0.1) is 18.6 Å². The Kier molecular flexibility index (Phi) is 8.62. The fourth-order valence-electron chi connectivity index (χ4n) is 5.07. The highest BCUT2D eigenvalue weighted by molar-refractivity contribution is 7.90. The summed E-state index contributed by atoms with van der Waals surface area (Å²) in [7, 11) is -6.67. The van der Waals surface area contributed by atoms with Crippen molar-refractivity contribution in [1.82, 2.24) is 8.54 Å². The molecule has 46 heavy (non-hydrogen) atoms. The molecule has 3 aromatic carbocycles. The third kappa shape index (κ3) is 6.30. The van der Waals surface area contributed by atoms with Crippen LogP contribution in [0.5, 0.6) is 0 Å². The van der Waals surface area contributed by atoms with Gasteiger partial charge < -0.3 is 14.6 Å². The quantitative estimate of drug-likeness (QED) is 0.209. The SMILES string of the molecule is CCOC(=O)c1cc2c(-c3cc(CS(C)(=O)=O)ccc3Nc3ccc(F)cc3F)cn(C)c(=O)c2n1S(=O)(=O)c1ccc(C)cc1. The van der Waals surface area contributed by atoms with Crippen LogP contribution in [0.4, 0.5) is 20.2 Å². The van der Waals surface area contributed by atoms with Crippen molar-refractivity contribution < 1.29 is 35.1 Å². The van der Waals surface area contributed by atoms with Crippen LogP contribution in [0.3, 0.4) is 0 Å². The normalized spacial score (nSPS) is 12.0. The second-order valence-electron chi connectivity index (χ2n) is 10.8. The number of anilines is 2. The first kappa shape index (κ1) is 32.6. The van der Waals surface area contributed by atoms with E-state index in [9.17, 15) is 35.2 Å². The summed E-state index contributed by atoms with van der Waals surface area (Å²) in [5, 5.41) is 2.91. The molecule has 0 radical (unpaired) electrons. The summed E-state index contributed by atoms with van der Waals surface area (Å²) in [6, 6.07) is 14.5. The van der Waals surface area contributed by atoms with Gasteiger partial charge in [0.2, 0.25) is 0 Å². The molecule has 0 saturated heterocycles. The highest BCUT2D eigenvalue weighted by atomic mass is 32.2. The predicted octanol–water partition coefficient (Wildman–Crippen LogP) is 5.30. The zero-order valence-electron chi connectivity index (χ0n) is 25.2. The van der Waals surface area contributed by atoms with Crippen LogP contribution in [0.2, 0.25) is 0 Å². The van der Waals surface area contributed by atoms with Crippen LogP contribution in [-0.4, -0.2) is 44.2 Å².